The van der Waals surface area contributed by atoms with Gasteiger partial charge in [-0.05, 0) is 24.3 Å². The summed E-state index contributed by atoms with van der Waals surface area (Å²) >= 11 is 6.02. The molecule has 25 heavy (non-hydrogen) atoms. The molecule has 0 spiro atoms. The number of rotatable bonds is 3. The molecule has 0 N–H and O–H groups in total. The molecule has 2 aromatic heterocycles. The van der Waals surface area contributed by atoms with Crippen molar-refractivity contribution in [3.05, 3.63) is 71.1 Å². The number of halogens is 1. The Hall–Kier alpha value is -2.37. The van der Waals surface area contributed by atoms with Crippen LogP contribution in [0.4, 0.5) is 0 Å². The van der Waals surface area contributed by atoms with E-state index in [4.69, 9.17) is 11.6 Å². The van der Waals surface area contributed by atoms with Gasteiger partial charge in [0.1, 0.15) is 5.65 Å². The SMILES string of the molecule is O=C(c1ccccc1)N1CCN(Cc2cn3cc(Cl)ccc3n2)CC1. The standard InChI is InChI=1S/C19H19ClN4O/c20-16-6-7-18-21-17(14-24(18)12-16)13-22-8-10-23(11-9-22)19(25)15-4-2-1-3-5-15/h1-7,12,14H,8-11,13H2. The fourth-order valence-corrected chi connectivity index (χ4v) is 3.36. The molecule has 128 valence electrons. The van der Waals surface area contributed by atoms with Gasteiger partial charge in [-0.1, -0.05) is 29.8 Å². The number of imidazole rings is 1. The van der Waals surface area contributed by atoms with Crippen molar-refractivity contribution < 1.29 is 4.79 Å². The molecule has 1 amide bonds. The summed E-state index contributed by atoms with van der Waals surface area (Å²) < 4.78 is 1.95. The molecular formula is C19H19ClN4O. The molecule has 1 aliphatic rings. The second kappa shape index (κ2) is 6.86. The number of nitrogens with zero attached hydrogens (tertiary/aromatic N) is 4. The Kier molecular flexibility index (Phi) is 4.42. The molecule has 1 saturated heterocycles. The molecule has 3 heterocycles. The molecule has 1 aromatic carbocycles. The smallest absolute Gasteiger partial charge is 0.253 e. The Morgan fingerprint density at radius 2 is 1.76 bits per heavy atom. The van der Waals surface area contributed by atoms with Crippen LogP contribution in [-0.4, -0.2) is 51.3 Å². The van der Waals surface area contributed by atoms with Crippen LogP contribution in [0.15, 0.2) is 54.9 Å². The first-order valence-electron chi connectivity index (χ1n) is 8.39. The lowest BCUT2D eigenvalue weighted by atomic mass is 10.2. The van der Waals surface area contributed by atoms with E-state index >= 15 is 0 Å². The van der Waals surface area contributed by atoms with Crippen LogP contribution in [-0.2, 0) is 6.54 Å². The summed E-state index contributed by atoms with van der Waals surface area (Å²) in [6, 6.07) is 13.2. The largest absolute Gasteiger partial charge is 0.336 e. The van der Waals surface area contributed by atoms with Crippen LogP contribution in [0.1, 0.15) is 16.1 Å². The molecule has 0 atom stereocenters. The van der Waals surface area contributed by atoms with Crippen molar-refractivity contribution in [3.8, 4) is 0 Å². The van der Waals surface area contributed by atoms with Crippen LogP contribution in [0.2, 0.25) is 5.02 Å². The quantitative estimate of drug-likeness (QED) is 0.726. The van der Waals surface area contributed by atoms with Crippen LogP contribution in [0, 0.1) is 0 Å². The first-order chi connectivity index (χ1) is 12.2. The molecule has 1 aliphatic heterocycles. The fraction of sp³-hybridized carbons (Fsp3) is 0.263. The van der Waals surface area contributed by atoms with Crippen molar-refractivity contribution in [1.82, 2.24) is 19.2 Å². The number of piperazine rings is 1. The second-order valence-corrected chi connectivity index (χ2v) is 6.72. The van der Waals surface area contributed by atoms with Gasteiger partial charge in [-0.3, -0.25) is 9.69 Å². The van der Waals surface area contributed by atoms with Gasteiger partial charge in [-0.15, -0.1) is 0 Å². The minimum Gasteiger partial charge on any atom is -0.336 e. The van der Waals surface area contributed by atoms with E-state index in [2.05, 4.69) is 9.88 Å². The molecule has 0 unspecified atom stereocenters. The minimum atomic E-state index is 0.114. The number of benzene rings is 1. The van der Waals surface area contributed by atoms with E-state index in [-0.39, 0.29) is 5.91 Å². The van der Waals surface area contributed by atoms with E-state index in [1.807, 2.05) is 64.2 Å². The molecule has 0 radical (unpaired) electrons. The van der Waals surface area contributed by atoms with Crippen LogP contribution in [0.5, 0.6) is 0 Å². The van der Waals surface area contributed by atoms with Crippen molar-refractivity contribution in [2.75, 3.05) is 26.2 Å². The highest BCUT2D eigenvalue weighted by atomic mass is 35.5. The van der Waals surface area contributed by atoms with Crippen LogP contribution in [0.3, 0.4) is 0 Å². The summed E-state index contributed by atoms with van der Waals surface area (Å²) in [5, 5.41) is 0.699. The maximum atomic E-state index is 12.5. The van der Waals surface area contributed by atoms with Crippen molar-refractivity contribution in [2.45, 2.75) is 6.54 Å². The average Bonchev–Trinajstić information content (AvgIpc) is 3.04. The van der Waals surface area contributed by atoms with E-state index < -0.39 is 0 Å². The molecule has 6 heteroatoms. The van der Waals surface area contributed by atoms with Crippen LogP contribution >= 0.6 is 11.6 Å². The van der Waals surface area contributed by atoms with Gasteiger partial charge < -0.3 is 9.30 Å². The lowest BCUT2D eigenvalue weighted by Crippen LogP contribution is -2.48. The van der Waals surface area contributed by atoms with Gasteiger partial charge >= 0.3 is 0 Å². The molecule has 0 bridgehead atoms. The topological polar surface area (TPSA) is 40.9 Å². The third-order valence-electron chi connectivity index (χ3n) is 4.53. The highest BCUT2D eigenvalue weighted by molar-refractivity contribution is 6.30. The maximum absolute atomic E-state index is 12.5. The van der Waals surface area contributed by atoms with E-state index in [1.165, 1.54) is 0 Å². The van der Waals surface area contributed by atoms with Crippen LogP contribution < -0.4 is 0 Å². The monoisotopic (exact) mass is 354 g/mol. The number of amides is 1. The second-order valence-electron chi connectivity index (χ2n) is 6.28. The van der Waals surface area contributed by atoms with E-state index in [0.717, 1.165) is 49.6 Å². The van der Waals surface area contributed by atoms with E-state index in [1.54, 1.807) is 0 Å². The molecule has 0 aliphatic carbocycles. The Balaban J connectivity index is 1.37. The number of carbonyl (C=O) groups is 1. The highest BCUT2D eigenvalue weighted by Crippen LogP contribution is 2.14. The molecule has 4 rings (SSSR count). The Labute approximate surface area is 151 Å². The van der Waals surface area contributed by atoms with Gasteiger partial charge in [-0.25, -0.2) is 4.98 Å². The van der Waals surface area contributed by atoms with Gasteiger partial charge in [0.25, 0.3) is 5.91 Å². The predicted molar refractivity (Wildman–Crippen MR) is 97.8 cm³/mol. The third-order valence-corrected chi connectivity index (χ3v) is 4.75. The number of pyridine rings is 1. The zero-order chi connectivity index (χ0) is 17.2. The van der Waals surface area contributed by atoms with E-state index in [0.29, 0.717) is 5.02 Å². The summed E-state index contributed by atoms with van der Waals surface area (Å²) in [6.45, 7) is 3.98. The number of aromatic nitrogens is 2. The molecular weight excluding hydrogens is 336 g/mol. The lowest BCUT2D eigenvalue weighted by molar-refractivity contribution is 0.0627. The number of hydrogen-bond acceptors (Lipinski definition) is 3. The zero-order valence-corrected chi connectivity index (χ0v) is 14.6. The van der Waals surface area contributed by atoms with Gasteiger partial charge in [0.15, 0.2) is 0 Å². The fourth-order valence-electron chi connectivity index (χ4n) is 3.19. The van der Waals surface area contributed by atoms with Gasteiger partial charge in [0, 0.05) is 50.7 Å². The number of fused-ring (bicyclic) bond motifs is 1. The van der Waals surface area contributed by atoms with Crippen molar-refractivity contribution in [1.29, 1.82) is 0 Å². The lowest BCUT2D eigenvalue weighted by Gasteiger charge is -2.34. The Bertz CT molecular complexity index is 885. The molecule has 1 fully saturated rings. The van der Waals surface area contributed by atoms with Crippen molar-refractivity contribution >= 4 is 23.2 Å². The van der Waals surface area contributed by atoms with E-state index in [9.17, 15) is 4.79 Å². The van der Waals surface area contributed by atoms with Crippen molar-refractivity contribution in [3.63, 3.8) is 0 Å². The number of hydrogen-bond donors (Lipinski definition) is 0. The van der Waals surface area contributed by atoms with Crippen molar-refractivity contribution in [2.24, 2.45) is 0 Å². The first-order valence-corrected chi connectivity index (χ1v) is 8.77. The third kappa shape index (κ3) is 3.52. The Morgan fingerprint density at radius 1 is 1.00 bits per heavy atom. The summed E-state index contributed by atoms with van der Waals surface area (Å²) in [6.07, 6.45) is 3.88. The maximum Gasteiger partial charge on any atom is 0.253 e. The number of carbonyl (C=O) groups excluding carboxylic acids is 1. The van der Waals surface area contributed by atoms with Gasteiger partial charge in [0.2, 0.25) is 0 Å². The highest BCUT2D eigenvalue weighted by Gasteiger charge is 2.22. The minimum absolute atomic E-state index is 0.114. The van der Waals surface area contributed by atoms with Gasteiger partial charge in [-0.2, -0.15) is 0 Å². The molecule has 3 aromatic rings. The predicted octanol–water partition coefficient (Wildman–Crippen LogP) is 2.95. The first kappa shape index (κ1) is 16.1. The summed E-state index contributed by atoms with van der Waals surface area (Å²) in [5.41, 5.74) is 2.68. The normalized spacial score (nSPS) is 15.6. The summed E-state index contributed by atoms with van der Waals surface area (Å²) in [4.78, 5) is 21.4. The average molecular weight is 355 g/mol. The van der Waals surface area contributed by atoms with Gasteiger partial charge in [0.05, 0.1) is 10.7 Å². The molecule has 0 saturated carbocycles. The van der Waals surface area contributed by atoms with Crippen LogP contribution in [0.25, 0.3) is 5.65 Å². The summed E-state index contributed by atoms with van der Waals surface area (Å²) in [7, 11) is 0. The Morgan fingerprint density at radius 3 is 2.52 bits per heavy atom. The summed E-state index contributed by atoms with van der Waals surface area (Å²) in [5.74, 6) is 0.114. The molecule has 5 nitrogen and oxygen atoms in total. The zero-order valence-electron chi connectivity index (χ0n) is 13.8.